The van der Waals surface area contributed by atoms with Crippen LogP contribution in [0.25, 0.3) is 11.4 Å². The van der Waals surface area contributed by atoms with Crippen molar-refractivity contribution in [2.24, 2.45) is 0 Å². The molecule has 0 unspecified atom stereocenters. The van der Waals surface area contributed by atoms with Crippen LogP contribution >= 0.6 is 24.4 Å². The Morgan fingerprint density at radius 2 is 1.88 bits per heavy atom. The average Bonchev–Trinajstić information content (AvgIpc) is 3.61. The van der Waals surface area contributed by atoms with Crippen molar-refractivity contribution in [1.82, 2.24) is 30.1 Å². The Balaban J connectivity index is 1.23. The standard InChI is InChI=1S/C25H20ClF3N10OS/c1-13-9-21(34-22-11-19(37-38-22)18-3-2-8-30-18)35-23(32-13)33-14-4-7-20(31-12-14)36-24(40)39(41)15-5-6-17(26)16(10-15)25(27,28)29/h2-12,30,41H,1H3,(H,31,36,40)(H3,32,33,34,35,37,38). The van der Waals surface area contributed by atoms with E-state index in [4.69, 9.17) is 11.6 Å². The Labute approximate surface area is 241 Å². The maximum absolute atomic E-state index is 13.2. The van der Waals surface area contributed by atoms with E-state index in [1.165, 1.54) is 18.3 Å². The second kappa shape index (κ2) is 11.4. The molecule has 2 amide bonds. The first-order valence-corrected chi connectivity index (χ1v) is 12.5. The number of alkyl halides is 3. The summed E-state index contributed by atoms with van der Waals surface area (Å²) >= 11 is 9.66. The highest BCUT2D eigenvalue weighted by atomic mass is 35.5. The molecule has 0 aliphatic heterocycles. The maximum atomic E-state index is 13.2. The molecule has 16 heteroatoms. The molecule has 0 saturated heterocycles. The van der Waals surface area contributed by atoms with Gasteiger partial charge in [0.1, 0.15) is 23.1 Å². The van der Waals surface area contributed by atoms with E-state index in [0.717, 1.165) is 27.8 Å². The number of carbonyl (C=O) groups excluding carboxylic acids is 1. The van der Waals surface area contributed by atoms with Crippen molar-refractivity contribution in [3.8, 4) is 11.4 Å². The van der Waals surface area contributed by atoms with Gasteiger partial charge >= 0.3 is 12.2 Å². The van der Waals surface area contributed by atoms with Crippen LogP contribution in [-0.2, 0) is 6.18 Å². The lowest BCUT2D eigenvalue weighted by atomic mass is 10.2. The summed E-state index contributed by atoms with van der Waals surface area (Å²) in [5.41, 5.74) is 1.60. The Morgan fingerprint density at radius 1 is 1.05 bits per heavy atom. The van der Waals surface area contributed by atoms with E-state index in [-0.39, 0.29) is 11.5 Å². The molecule has 0 spiro atoms. The molecular formula is C25H20ClF3N10OS. The first-order chi connectivity index (χ1) is 19.5. The quantitative estimate of drug-likeness (QED) is 0.111. The number of hydrogen-bond donors (Lipinski definition) is 6. The molecule has 5 aromatic rings. The lowest BCUT2D eigenvalue weighted by Gasteiger charge is -2.18. The van der Waals surface area contributed by atoms with E-state index in [1.807, 2.05) is 31.3 Å². The number of urea groups is 1. The molecular weight excluding hydrogens is 581 g/mol. The number of benzene rings is 1. The number of nitrogens with zero attached hydrogens (tertiary/aromatic N) is 5. The van der Waals surface area contributed by atoms with E-state index >= 15 is 0 Å². The third-order valence-electron chi connectivity index (χ3n) is 5.52. The normalized spacial score (nSPS) is 11.3. The van der Waals surface area contributed by atoms with Crippen LogP contribution in [0.1, 0.15) is 11.3 Å². The number of amides is 2. The third-order valence-corrected chi connectivity index (χ3v) is 6.26. The maximum Gasteiger partial charge on any atom is 0.417 e. The van der Waals surface area contributed by atoms with Crippen LogP contribution in [0.4, 0.5) is 52.7 Å². The van der Waals surface area contributed by atoms with Crippen LogP contribution < -0.4 is 20.3 Å². The van der Waals surface area contributed by atoms with E-state index < -0.39 is 22.8 Å². The summed E-state index contributed by atoms with van der Waals surface area (Å²) in [5.74, 6) is 1.57. The van der Waals surface area contributed by atoms with Crippen LogP contribution in [0, 0.1) is 6.92 Å². The van der Waals surface area contributed by atoms with Crippen molar-refractivity contribution in [2.45, 2.75) is 13.1 Å². The third kappa shape index (κ3) is 6.70. The van der Waals surface area contributed by atoms with Crippen LogP contribution in [0.3, 0.4) is 0 Å². The monoisotopic (exact) mass is 600 g/mol. The molecule has 0 radical (unpaired) electrons. The van der Waals surface area contributed by atoms with Crippen LogP contribution in [0.2, 0.25) is 5.02 Å². The number of aryl methyl sites for hydroxylation is 1. The summed E-state index contributed by atoms with van der Waals surface area (Å²) in [4.78, 5) is 28.6. The molecule has 4 heterocycles. The first kappa shape index (κ1) is 27.8. The highest BCUT2D eigenvalue weighted by molar-refractivity contribution is 7.82. The molecule has 0 aliphatic rings. The van der Waals surface area contributed by atoms with Crippen molar-refractivity contribution in [3.05, 3.63) is 83.3 Å². The van der Waals surface area contributed by atoms with Gasteiger partial charge in [-0.05, 0) is 49.4 Å². The van der Waals surface area contributed by atoms with E-state index in [9.17, 15) is 18.0 Å². The summed E-state index contributed by atoms with van der Waals surface area (Å²) in [6, 6.07) is 12.7. The summed E-state index contributed by atoms with van der Waals surface area (Å²) in [6.45, 7) is 1.81. The minimum absolute atomic E-state index is 0.127. The number of nitrogens with one attached hydrogen (secondary N) is 5. The van der Waals surface area contributed by atoms with Crippen LogP contribution in [0.15, 0.2) is 67.0 Å². The Bertz CT molecular complexity index is 1680. The van der Waals surface area contributed by atoms with Gasteiger partial charge in [0.2, 0.25) is 5.95 Å². The van der Waals surface area contributed by atoms with E-state index in [2.05, 4.69) is 58.9 Å². The van der Waals surface area contributed by atoms with Gasteiger partial charge in [0, 0.05) is 24.0 Å². The van der Waals surface area contributed by atoms with Crippen LogP contribution in [-0.4, -0.2) is 36.2 Å². The molecule has 0 saturated carbocycles. The summed E-state index contributed by atoms with van der Waals surface area (Å²) in [5, 5.41) is 15.4. The minimum Gasteiger partial charge on any atom is -0.360 e. The number of carbonyl (C=O) groups is 1. The first-order valence-electron chi connectivity index (χ1n) is 11.8. The molecule has 0 atom stereocenters. The molecule has 4 aromatic heterocycles. The fourth-order valence-electron chi connectivity index (χ4n) is 3.65. The molecule has 0 fully saturated rings. The molecule has 0 aliphatic carbocycles. The van der Waals surface area contributed by atoms with Gasteiger partial charge in [-0.15, -0.1) is 0 Å². The highest BCUT2D eigenvalue weighted by Crippen LogP contribution is 2.37. The Morgan fingerprint density at radius 3 is 2.59 bits per heavy atom. The lowest BCUT2D eigenvalue weighted by Crippen LogP contribution is -2.27. The van der Waals surface area contributed by atoms with Crippen molar-refractivity contribution in [1.29, 1.82) is 0 Å². The zero-order chi connectivity index (χ0) is 29.1. The van der Waals surface area contributed by atoms with Gasteiger partial charge in [0.05, 0.1) is 33.9 Å². The predicted molar refractivity (Wildman–Crippen MR) is 153 cm³/mol. The van der Waals surface area contributed by atoms with Gasteiger partial charge in [-0.1, -0.05) is 24.4 Å². The van der Waals surface area contributed by atoms with Crippen LogP contribution in [0.5, 0.6) is 0 Å². The molecule has 0 bridgehead atoms. The smallest absolute Gasteiger partial charge is 0.360 e. The van der Waals surface area contributed by atoms with Crippen molar-refractivity contribution < 1.29 is 18.0 Å². The topological polar surface area (TPSA) is 140 Å². The van der Waals surface area contributed by atoms with Gasteiger partial charge in [-0.25, -0.2) is 19.1 Å². The number of pyridine rings is 1. The van der Waals surface area contributed by atoms with Gasteiger partial charge < -0.3 is 15.6 Å². The zero-order valence-electron chi connectivity index (χ0n) is 21.0. The number of halogens is 4. The van der Waals surface area contributed by atoms with E-state index in [1.54, 1.807) is 12.1 Å². The van der Waals surface area contributed by atoms with Crippen molar-refractivity contribution >= 4 is 65.2 Å². The van der Waals surface area contributed by atoms with Gasteiger partial charge in [0.15, 0.2) is 0 Å². The zero-order valence-corrected chi connectivity index (χ0v) is 22.6. The van der Waals surface area contributed by atoms with Crippen molar-refractivity contribution in [2.75, 3.05) is 20.3 Å². The minimum atomic E-state index is -4.69. The molecule has 11 nitrogen and oxygen atoms in total. The molecule has 210 valence electrons. The van der Waals surface area contributed by atoms with Crippen molar-refractivity contribution in [3.63, 3.8) is 0 Å². The van der Waals surface area contributed by atoms with Gasteiger partial charge in [-0.3, -0.25) is 10.4 Å². The Hall–Kier alpha value is -4.76. The highest BCUT2D eigenvalue weighted by Gasteiger charge is 2.34. The van der Waals surface area contributed by atoms with E-state index in [0.29, 0.717) is 29.0 Å². The fraction of sp³-hybridized carbons (Fsp3) is 0.0800. The molecule has 5 rings (SSSR count). The van der Waals surface area contributed by atoms with Gasteiger partial charge in [0.25, 0.3) is 0 Å². The fourth-order valence-corrected chi connectivity index (χ4v) is 4.05. The number of hydrogen-bond acceptors (Lipinski definition) is 8. The average molecular weight is 601 g/mol. The molecule has 1 aromatic carbocycles. The summed E-state index contributed by atoms with van der Waals surface area (Å²) in [6.07, 6.45) is -1.45. The summed E-state index contributed by atoms with van der Waals surface area (Å²) < 4.78 is 40.2. The second-order valence-electron chi connectivity index (χ2n) is 8.55. The SMILES string of the molecule is Cc1cc(Nc2cc(-c3ccc[nH]3)n[nH]2)nc(Nc2ccc(NC(=O)N(S)c3ccc(Cl)c(C(F)(F)F)c3)nc2)n1. The predicted octanol–water partition coefficient (Wildman–Crippen LogP) is 6.94. The molecule has 41 heavy (non-hydrogen) atoms. The number of thiol groups is 1. The number of aromatic nitrogens is 6. The van der Waals surface area contributed by atoms with Gasteiger partial charge in [-0.2, -0.15) is 23.3 Å². The number of rotatable bonds is 7. The number of aromatic amines is 2. The number of H-pyrrole nitrogens is 2. The number of anilines is 6. The Kier molecular flexibility index (Phi) is 7.72. The largest absolute Gasteiger partial charge is 0.417 e. The second-order valence-corrected chi connectivity index (χ2v) is 9.36. The summed E-state index contributed by atoms with van der Waals surface area (Å²) in [7, 11) is 0. The molecule has 5 N–H and O–H groups in total. The lowest BCUT2D eigenvalue weighted by molar-refractivity contribution is -0.137.